The van der Waals surface area contributed by atoms with Crippen molar-refractivity contribution in [2.24, 2.45) is 0 Å². The zero-order chi connectivity index (χ0) is 12.8. The molecule has 4 heteroatoms. The van der Waals surface area contributed by atoms with Gasteiger partial charge in [0.1, 0.15) is 0 Å². The van der Waals surface area contributed by atoms with E-state index in [2.05, 4.69) is 10.6 Å². The maximum absolute atomic E-state index is 12.0. The Morgan fingerprint density at radius 2 is 2.17 bits per heavy atom. The summed E-state index contributed by atoms with van der Waals surface area (Å²) in [6, 6.07) is 1.87. The average molecular weight is 250 g/mol. The fourth-order valence-electron chi connectivity index (χ4n) is 2.71. The van der Waals surface area contributed by atoms with Gasteiger partial charge in [0, 0.05) is 24.1 Å². The number of rotatable bonds is 5. The molecule has 1 aliphatic rings. The minimum atomic E-state index is 0.0126. The molecule has 2 N–H and O–H groups in total. The summed E-state index contributed by atoms with van der Waals surface area (Å²) in [5.41, 5.74) is 1.02. The summed E-state index contributed by atoms with van der Waals surface area (Å²) in [4.78, 5) is 12.0. The van der Waals surface area contributed by atoms with E-state index >= 15 is 0 Å². The lowest BCUT2D eigenvalue weighted by atomic mass is 9.79. The van der Waals surface area contributed by atoms with E-state index in [4.69, 9.17) is 4.42 Å². The zero-order valence-electron chi connectivity index (χ0n) is 11.0. The molecule has 0 aromatic carbocycles. The molecule has 1 aliphatic carbocycles. The number of carbonyl (C=O) groups is 1. The Labute approximate surface area is 108 Å². The van der Waals surface area contributed by atoms with Crippen molar-refractivity contribution in [3.8, 4) is 0 Å². The molecule has 1 aromatic heterocycles. The molecule has 2 rings (SSSR count). The summed E-state index contributed by atoms with van der Waals surface area (Å²) in [5, 5.41) is 6.31. The van der Waals surface area contributed by atoms with Crippen molar-refractivity contribution in [1.29, 1.82) is 0 Å². The molecule has 0 aliphatic heterocycles. The molecule has 1 aromatic rings. The first-order chi connectivity index (χ1) is 8.74. The summed E-state index contributed by atoms with van der Waals surface area (Å²) >= 11 is 0. The van der Waals surface area contributed by atoms with Crippen molar-refractivity contribution < 1.29 is 9.21 Å². The standard InChI is InChI=1S/C14H22N2O2/c1-15-14(6-3-2-4-7-14)9-13(17)16-10-12-5-8-18-11-12/h5,8,11,15H,2-4,6-7,9-10H2,1H3,(H,16,17). The normalized spacial score (nSPS) is 18.5. The zero-order valence-corrected chi connectivity index (χ0v) is 11.0. The predicted octanol–water partition coefficient (Wildman–Crippen LogP) is 2.21. The van der Waals surface area contributed by atoms with Crippen molar-refractivity contribution >= 4 is 5.91 Å². The Balaban J connectivity index is 1.81. The molecule has 1 amide bonds. The van der Waals surface area contributed by atoms with Crippen molar-refractivity contribution in [3.05, 3.63) is 24.2 Å². The Morgan fingerprint density at radius 1 is 1.39 bits per heavy atom. The fourth-order valence-corrected chi connectivity index (χ4v) is 2.71. The largest absolute Gasteiger partial charge is 0.472 e. The Bertz CT molecular complexity index is 367. The molecule has 1 fully saturated rings. The molecule has 0 bridgehead atoms. The third-order valence-corrected chi connectivity index (χ3v) is 3.91. The molecule has 0 spiro atoms. The number of amides is 1. The van der Waals surface area contributed by atoms with Gasteiger partial charge in [0.05, 0.1) is 12.5 Å². The smallest absolute Gasteiger partial charge is 0.222 e. The van der Waals surface area contributed by atoms with Crippen molar-refractivity contribution in [2.45, 2.75) is 50.6 Å². The first-order valence-corrected chi connectivity index (χ1v) is 6.71. The van der Waals surface area contributed by atoms with Crippen LogP contribution in [0.5, 0.6) is 0 Å². The molecule has 100 valence electrons. The highest BCUT2D eigenvalue weighted by atomic mass is 16.3. The summed E-state index contributed by atoms with van der Waals surface area (Å²) in [5.74, 6) is 0.118. The lowest BCUT2D eigenvalue weighted by Crippen LogP contribution is -2.48. The maximum atomic E-state index is 12.0. The van der Waals surface area contributed by atoms with Crippen LogP contribution in [0.15, 0.2) is 23.0 Å². The van der Waals surface area contributed by atoms with E-state index in [1.165, 1.54) is 19.3 Å². The second-order valence-electron chi connectivity index (χ2n) is 5.18. The van der Waals surface area contributed by atoms with Gasteiger partial charge in [-0.3, -0.25) is 4.79 Å². The first-order valence-electron chi connectivity index (χ1n) is 6.71. The van der Waals surface area contributed by atoms with Crippen molar-refractivity contribution in [3.63, 3.8) is 0 Å². The number of hydrogen-bond acceptors (Lipinski definition) is 3. The summed E-state index contributed by atoms with van der Waals surface area (Å²) < 4.78 is 4.97. The fraction of sp³-hybridized carbons (Fsp3) is 0.643. The predicted molar refractivity (Wildman–Crippen MR) is 70.0 cm³/mol. The van der Waals surface area contributed by atoms with Gasteiger partial charge in [0.15, 0.2) is 0 Å². The molecule has 0 atom stereocenters. The van der Waals surface area contributed by atoms with E-state index in [0.29, 0.717) is 13.0 Å². The average Bonchev–Trinajstić information content (AvgIpc) is 2.91. The van der Waals surface area contributed by atoms with E-state index in [1.54, 1.807) is 12.5 Å². The van der Waals surface area contributed by atoms with E-state index in [0.717, 1.165) is 18.4 Å². The molecular weight excluding hydrogens is 228 g/mol. The molecule has 0 saturated heterocycles. The minimum Gasteiger partial charge on any atom is -0.472 e. The molecule has 18 heavy (non-hydrogen) atoms. The van der Waals surface area contributed by atoms with E-state index < -0.39 is 0 Å². The summed E-state index contributed by atoms with van der Waals surface area (Å²) in [6.45, 7) is 0.551. The lowest BCUT2D eigenvalue weighted by molar-refractivity contribution is -0.123. The highest BCUT2D eigenvalue weighted by Gasteiger charge is 2.32. The van der Waals surface area contributed by atoms with Crippen LogP contribution in [0.3, 0.4) is 0 Å². The quantitative estimate of drug-likeness (QED) is 0.842. The number of carbonyl (C=O) groups excluding carboxylic acids is 1. The van der Waals surface area contributed by atoms with Crippen LogP contribution in [0, 0.1) is 0 Å². The number of hydrogen-bond donors (Lipinski definition) is 2. The van der Waals surface area contributed by atoms with Crippen LogP contribution in [0.2, 0.25) is 0 Å². The lowest BCUT2D eigenvalue weighted by Gasteiger charge is -2.36. The number of nitrogens with one attached hydrogen (secondary N) is 2. The van der Waals surface area contributed by atoms with Gasteiger partial charge in [-0.15, -0.1) is 0 Å². The molecular formula is C14H22N2O2. The van der Waals surface area contributed by atoms with Crippen LogP contribution < -0.4 is 10.6 Å². The Hall–Kier alpha value is -1.29. The van der Waals surface area contributed by atoms with Gasteiger partial charge in [-0.2, -0.15) is 0 Å². The van der Waals surface area contributed by atoms with Crippen LogP contribution >= 0.6 is 0 Å². The second-order valence-corrected chi connectivity index (χ2v) is 5.18. The molecule has 1 heterocycles. The van der Waals surface area contributed by atoms with E-state index in [9.17, 15) is 4.79 Å². The number of furan rings is 1. The van der Waals surface area contributed by atoms with Crippen molar-refractivity contribution in [2.75, 3.05) is 7.05 Å². The molecule has 0 unspecified atom stereocenters. The third kappa shape index (κ3) is 3.35. The Kier molecular flexibility index (Phi) is 4.42. The van der Waals surface area contributed by atoms with Crippen molar-refractivity contribution in [1.82, 2.24) is 10.6 Å². The van der Waals surface area contributed by atoms with Gasteiger partial charge in [-0.05, 0) is 26.0 Å². The third-order valence-electron chi connectivity index (χ3n) is 3.91. The van der Waals surface area contributed by atoms with Crippen LogP contribution in [0.1, 0.15) is 44.1 Å². The molecule has 4 nitrogen and oxygen atoms in total. The van der Waals surface area contributed by atoms with E-state index in [-0.39, 0.29) is 11.4 Å². The molecule has 0 radical (unpaired) electrons. The topological polar surface area (TPSA) is 54.3 Å². The van der Waals surface area contributed by atoms with Crippen LogP contribution in [-0.4, -0.2) is 18.5 Å². The van der Waals surface area contributed by atoms with Gasteiger partial charge < -0.3 is 15.1 Å². The van der Waals surface area contributed by atoms with Gasteiger partial charge in [-0.1, -0.05) is 19.3 Å². The van der Waals surface area contributed by atoms with Crippen LogP contribution in [0.25, 0.3) is 0 Å². The van der Waals surface area contributed by atoms with E-state index in [1.807, 2.05) is 13.1 Å². The Morgan fingerprint density at radius 3 is 2.78 bits per heavy atom. The minimum absolute atomic E-state index is 0.0126. The molecule has 1 saturated carbocycles. The second kappa shape index (κ2) is 6.05. The summed E-state index contributed by atoms with van der Waals surface area (Å²) in [7, 11) is 1.97. The van der Waals surface area contributed by atoms with Gasteiger partial charge in [0.25, 0.3) is 0 Å². The first kappa shape index (κ1) is 13.1. The monoisotopic (exact) mass is 250 g/mol. The maximum Gasteiger partial charge on any atom is 0.222 e. The van der Waals surface area contributed by atoms with Gasteiger partial charge in [-0.25, -0.2) is 0 Å². The summed E-state index contributed by atoms with van der Waals surface area (Å²) in [6.07, 6.45) is 9.78. The van der Waals surface area contributed by atoms with Crippen LogP contribution in [-0.2, 0) is 11.3 Å². The van der Waals surface area contributed by atoms with Crippen LogP contribution in [0.4, 0.5) is 0 Å². The highest BCUT2D eigenvalue weighted by Crippen LogP contribution is 2.30. The highest BCUT2D eigenvalue weighted by molar-refractivity contribution is 5.77. The van der Waals surface area contributed by atoms with Gasteiger partial charge in [0.2, 0.25) is 5.91 Å². The SMILES string of the molecule is CNC1(CC(=O)NCc2ccoc2)CCCCC1. The van der Waals surface area contributed by atoms with Gasteiger partial charge >= 0.3 is 0 Å².